The Morgan fingerprint density at radius 2 is 1.98 bits per heavy atom. The first kappa shape index (κ1) is 34.3. The van der Waals surface area contributed by atoms with E-state index in [9.17, 15) is 37.6 Å². The van der Waals surface area contributed by atoms with Crippen LogP contribution < -0.4 is 10.7 Å². The van der Waals surface area contributed by atoms with Gasteiger partial charge in [0, 0.05) is 55.2 Å². The summed E-state index contributed by atoms with van der Waals surface area (Å²) in [7, 11) is -3.12. The predicted molar refractivity (Wildman–Crippen MR) is 159 cm³/mol. The van der Waals surface area contributed by atoms with Gasteiger partial charge in [-0.25, -0.2) is 13.6 Å². The molecule has 1 aromatic carbocycles. The smallest absolute Gasteiger partial charge is 0.503 e. The van der Waals surface area contributed by atoms with Gasteiger partial charge in [-0.3, -0.25) is 28.4 Å². The van der Waals surface area contributed by atoms with E-state index in [0.717, 1.165) is 6.07 Å². The van der Waals surface area contributed by atoms with E-state index in [4.69, 9.17) is 14.0 Å². The molecule has 1 aromatic heterocycles. The molecule has 2 aromatic rings. The molecule has 1 fully saturated rings. The van der Waals surface area contributed by atoms with Gasteiger partial charge in [-0.1, -0.05) is 13.0 Å². The third-order valence-corrected chi connectivity index (χ3v) is 10.0. The van der Waals surface area contributed by atoms with Crippen LogP contribution in [0.2, 0.25) is 0 Å². The first-order valence-electron chi connectivity index (χ1n) is 14.6. The molecule has 1 saturated heterocycles. The number of likely N-dealkylation sites (tertiary alicyclic amines) is 1. The number of hydrogen-bond acceptors (Lipinski definition) is 10. The summed E-state index contributed by atoms with van der Waals surface area (Å²) in [5.41, 5.74) is -2.56. The zero-order valence-electron chi connectivity index (χ0n) is 25.6. The summed E-state index contributed by atoms with van der Waals surface area (Å²) in [5, 5.41) is 13.2. The van der Waals surface area contributed by atoms with Crippen molar-refractivity contribution in [3.05, 3.63) is 63.1 Å². The largest absolute Gasteiger partial charge is 0.510 e. The predicted octanol–water partition coefficient (Wildman–Crippen LogP) is 4.26. The molecule has 0 spiro atoms. The number of rotatable bonds is 11. The van der Waals surface area contributed by atoms with Gasteiger partial charge in [0.15, 0.2) is 11.5 Å². The molecule has 3 atom stereocenters. The highest BCUT2D eigenvalue weighted by molar-refractivity contribution is 7.58. The van der Waals surface area contributed by atoms with Gasteiger partial charge in [0.1, 0.15) is 22.9 Å². The number of piperidine rings is 1. The number of Topliss-reactive ketones (excluding diaryl/α,β-unsaturated/α-hetero) is 1. The van der Waals surface area contributed by atoms with Crippen LogP contribution in [0.4, 0.5) is 13.6 Å². The van der Waals surface area contributed by atoms with Crippen LogP contribution in [0.1, 0.15) is 66.4 Å². The van der Waals surface area contributed by atoms with Crippen molar-refractivity contribution in [3.8, 4) is 5.75 Å². The molecule has 12 nitrogen and oxygen atoms in total. The minimum atomic E-state index is -3.12. The van der Waals surface area contributed by atoms with E-state index >= 15 is 0 Å². The Balaban J connectivity index is 1.45. The van der Waals surface area contributed by atoms with Crippen LogP contribution >= 0.6 is 7.37 Å². The second-order valence-electron chi connectivity index (χ2n) is 11.9. The number of amides is 1. The van der Waals surface area contributed by atoms with Crippen LogP contribution in [0.5, 0.6) is 5.75 Å². The van der Waals surface area contributed by atoms with Gasteiger partial charge in [0.25, 0.3) is 5.91 Å². The van der Waals surface area contributed by atoms with Gasteiger partial charge in [-0.15, -0.1) is 0 Å². The SMILES string of the molecule is CC(C)OC(=O)OCOP(C)(=O)CCCN1CCC[C@]2(C)C(=O)c3c(O)c(=O)c(C(=O)NCc4ccc(F)cc4F)cn3C[C@H]12. The monoisotopic (exact) mass is 653 g/mol. The zero-order valence-corrected chi connectivity index (χ0v) is 26.5. The van der Waals surface area contributed by atoms with E-state index in [1.165, 1.54) is 23.5 Å². The molecule has 2 aliphatic heterocycles. The minimum absolute atomic E-state index is 0.000916. The molecule has 15 heteroatoms. The van der Waals surface area contributed by atoms with E-state index in [1.54, 1.807) is 20.8 Å². The highest BCUT2D eigenvalue weighted by atomic mass is 31.2. The fourth-order valence-electron chi connectivity index (χ4n) is 5.85. The molecule has 2 N–H and O–H groups in total. The van der Waals surface area contributed by atoms with Crippen molar-refractivity contribution in [2.24, 2.45) is 5.41 Å². The lowest BCUT2D eigenvalue weighted by molar-refractivity contribution is -0.00728. The maximum absolute atomic E-state index is 14.0. The molecule has 0 bridgehead atoms. The van der Waals surface area contributed by atoms with Crippen molar-refractivity contribution in [2.75, 3.05) is 32.7 Å². The molecule has 3 heterocycles. The molecule has 1 unspecified atom stereocenters. The standard InChI is InChI=1S/C30H38F2N3O9P/c1-18(2)44-29(40)42-17-43-45(4,41)12-6-11-34-10-5-9-30(3)23(34)16-35-15-21(25(36)26(37)24(35)27(30)38)28(39)33-14-19-7-8-20(31)13-22(19)32/h7-8,13,15,18,23,37H,5-6,9-12,14,16-17H2,1-4H3,(H,33,39)/t23-,30-,45?/m0/s1. The number of halogens is 2. The van der Waals surface area contributed by atoms with Gasteiger partial charge in [-0.05, 0) is 52.3 Å². The number of ether oxygens (including phenoxy) is 2. The highest BCUT2D eigenvalue weighted by Crippen LogP contribution is 2.45. The van der Waals surface area contributed by atoms with Crippen molar-refractivity contribution in [2.45, 2.75) is 65.3 Å². The molecule has 4 rings (SSSR count). The Morgan fingerprint density at radius 1 is 1.24 bits per heavy atom. The fraction of sp³-hybridized carbons (Fsp3) is 0.533. The van der Waals surface area contributed by atoms with Crippen molar-refractivity contribution in [1.82, 2.24) is 14.8 Å². The summed E-state index contributed by atoms with van der Waals surface area (Å²) < 4.78 is 56.5. The number of nitrogens with one attached hydrogen (secondary N) is 1. The summed E-state index contributed by atoms with van der Waals surface area (Å²) in [5.74, 6) is -3.79. The number of benzene rings is 1. The van der Waals surface area contributed by atoms with Crippen LogP contribution in [0.15, 0.2) is 29.2 Å². The third-order valence-electron chi connectivity index (χ3n) is 8.22. The Labute approximate surface area is 259 Å². The quantitative estimate of drug-likeness (QED) is 0.204. The number of carbonyl (C=O) groups is 3. The lowest BCUT2D eigenvalue weighted by Crippen LogP contribution is -2.59. The molecule has 0 saturated carbocycles. The number of ketones is 1. The Hall–Kier alpha value is -3.61. The van der Waals surface area contributed by atoms with Crippen LogP contribution in [-0.2, 0) is 31.7 Å². The zero-order chi connectivity index (χ0) is 33.1. The van der Waals surface area contributed by atoms with Crippen molar-refractivity contribution >= 4 is 25.2 Å². The molecular formula is C30H38F2N3O9P. The van der Waals surface area contributed by atoms with E-state index in [2.05, 4.69) is 10.2 Å². The third kappa shape index (κ3) is 7.79. The minimum Gasteiger partial charge on any atom is -0.503 e. The molecule has 0 aliphatic carbocycles. The average molecular weight is 654 g/mol. The van der Waals surface area contributed by atoms with E-state index < -0.39 is 65.8 Å². The molecular weight excluding hydrogens is 615 g/mol. The van der Waals surface area contributed by atoms with Crippen LogP contribution in [-0.4, -0.2) is 77.3 Å². The molecule has 1 amide bonds. The second-order valence-corrected chi connectivity index (χ2v) is 14.7. The highest BCUT2D eigenvalue weighted by Gasteiger charge is 2.51. The Kier molecular flexibility index (Phi) is 10.5. The number of carbonyl (C=O) groups excluding carboxylic acids is 3. The van der Waals surface area contributed by atoms with E-state index in [-0.39, 0.29) is 42.7 Å². The van der Waals surface area contributed by atoms with Crippen molar-refractivity contribution in [1.29, 1.82) is 0 Å². The lowest BCUT2D eigenvalue weighted by Gasteiger charge is -2.50. The molecule has 0 radical (unpaired) electrons. The van der Waals surface area contributed by atoms with Gasteiger partial charge in [0.05, 0.1) is 6.10 Å². The number of aromatic nitrogens is 1. The van der Waals surface area contributed by atoms with Crippen LogP contribution in [0, 0.1) is 17.0 Å². The van der Waals surface area contributed by atoms with E-state index in [0.29, 0.717) is 38.4 Å². The van der Waals surface area contributed by atoms with E-state index in [1.807, 2.05) is 0 Å². The second kappa shape index (κ2) is 13.8. The molecule has 246 valence electrons. The van der Waals surface area contributed by atoms with Gasteiger partial charge >= 0.3 is 6.16 Å². The maximum Gasteiger partial charge on any atom is 0.510 e. The Bertz CT molecular complexity index is 1580. The summed E-state index contributed by atoms with van der Waals surface area (Å²) in [6.07, 6.45) is 1.76. The summed E-state index contributed by atoms with van der Waals surface area (Å²) in [4.78, 5) is 53.3. The van der Waals surface area contributed by atoms with Crippen LogP contribution in [0.25, 0.3) is 0 Å². The first-order chi connectivity index (χ1) is 21.1. The number of nitrogens with zero attached hydrogens (tertiary/aromatic N) is 2. The number of pyridine rings is 1. The lowest BCUT2D eigenvalue weighted by atomic mass is 9.68. The number of aromatic hydroxyl groups is 1. The average Bonchev–Trinajstić information content (AvgIpc) is 2.94. The Morgan fingerprint density at radius 3 is 2.67 bits per heavy atom. The van der Waals surface area contributed by atoms with Gasteiger partial charge in [0.2, 0.25) is 19.6 Å². The number of hydrogen-bond donors (Lipinski definition) is 2. The first-order valence-corrected chi connectivity index (χ1v) is 16.9. The van der Waals surface area contributed by atoms with Crippen molar-refractivity contribution in [3.63, 3.8) is 0 Å². The molecule has 45 heavy (non-hydrogen) atoms. The van der Waals surface area contributed by atoms with Crippen molar-refractivity contribution < 1.29 is 46.8 Å². The molecule has 2 aliphatic rings. The number of fused-ring (bicyclic) bond motifs is 2. The fourth-order valence-corrected chi connectivity index (χ4v) is 6.97. The summed E-state index contributed by atoms with van der Waals surface area (Å²) in [6.45, 7) is 7.01. The van der Waals surface area contributed by atoms with Gasteiger partial charge in [-0.2, -0.15) is 0 Å². The topological polar surface area (TPSA) is 153 Å². The normalized spacial score (nSPS) is 21.0. The summed E-state index contributed by atoms with van der Waals surface area (Å²) >= 11 is 0. The van der Waals surface area contributed by atoms with Crippen LogP contribution in [0.3, 0.4) is 0 Å². The summed E-state index contributed by atoms with van der Waals surface area (Å²) in [6, 6.07) is 2.52. The maximum atomic E-state index is 14.0. The van der Waals surface area contributed by atoms with Gasteiger partial charge < -0.3 is 24.5 Å².